The fourth-order valence-corrected chi connectivity index (χ4v) is 4.83. The largest absolute Gasteiger partial charge is 0.337 e. The lowest BCUT2D eigenvalue weighted by molar-refractivity contribution is 0.0776. The van der Waals surface area contributed by atoms with Gasteiger partial charge in [0.1, 0.15) is 0 Å². The number of carbonyl (C=O) groups excluding carboxylic acids is 1. The second-order valence-corrected chi connectivity index (χ2v) is 8.76. The van der Waals surface area contributed by atoms with Crippen molar-refractivity contribution in [2.75, 3.05) is 19.3 Å². The molecule has 1 saturated carbocycles. The molecular weight excluding hydrogens is 364 g/mol. The van der Waals surface area contributed by atoms with Crippen LogP contribution < -0.4 is 5.73 Å². The topological polar surface area (TPSA) is 97.8 Å². The van der Waals surface area contributed by atoms with Crippen molar-refractivity contribution in [1.29, 1.82) is 0 Å². The number of amides is 1. The van der Waals surface area contributed by atoms with Crippen LogP contribution in [-0.2, 0) is 9.84 Å². The molecule has 9 heteroatoms. The number of nitrogens with zero attached hydrogens (tertiary/aromatic N) is 3. The van der Waals surface area contributed by atoms with Gasteiger partial charge in [0.2, 0.25) is 15.0 Å². The second-order valence-electron chi connectivity index (χ2n) is 6.85. The van der Waals surface area contributed by atoms with Crippen molar-refractivity contribution in [2.45, 2.75) is 24.0 Å². The average molecular weight is 385 g/mol. The molecule has 3 atom stereocenters. The number of halogens is 1. The first-order valence-corrected chi connectivity index (χ1v) is 9.97. The van der Waals surface area contributed by atoms with Crippen molar-refractivity contribution in [3.05, 3.63) is 30.1 Å². The first kappa shape index (κ1) is 18.2. The Morgan fingerprint density at radius 2 is 2.04 bits per heavy atom. The lowest BCUT2D eigenvalue weighted by Gasteiger charge is -2.17. The summed E-state index contributed by atoms with van der Waals surface area (Å²) in [5.41, 5.74) is 6.85. The summed E-state index contributed by atoms with van der Waals surface area (Å²) >= 11 is 0. The first-order valence-electron chi connectivity index (χ1n) is 8.08. The number of nitrogens with two attached hydrogens (primary N) is 1. The van der Waals surface area contributed by atoms with Gasteiger partial charge in [-0.3, -0.25) is 9.20 Å². The van der Waals surface area contributed by atoms with Gasteiger partial charge >= 0.3 is 0 Å². The Morgan fingerprint density at radius 1 is 1.28 bits per heavy atom. The minimum atomic E-state index is -3.53. The molecule has 2 N–H and O–H groups in total. The van der Waals surface area contributed by atoms with Crippen LogP contribution in [-0.4, -0.2) is 54.0 Å². The van der Waals surface area contributed by atoms with Crippen molar-refractivity contribution in [3.8, 4) is 0 Å². The number of hydrogen-bond donors (Lipinski definition) is 1. The van der Waals surface area contributed by atoms with Crippen LogP contribution in [0.3, 0.4) is 0 Å². The minimum Gasteiger partial charge on any atom is -0.337 e. The molecule has 1 aliphatic heterocycles. The van der Waals surface area contributed by atoms with E-state index in [2.05, 4.69) is 4.98 Å². The van der Waals surface area contributed by atoms with Gasteiger partial charge in [0.15, 0.2) is 5.69 Å². The molecule has 2 aromatic heterocycles. The maximum atomic E-state index is 13.0. The Morgan fingerprint density at radius 3 is 2.72 bits per heavy atom. The number of aromatic nitrogens is 2. The van der Waals surface area contributed by atoms with Crippen molar-refractivity contribution >= 4 is 33.7 Å². The zero-order valence-corrected chi connectivity index (χ0v) is 15.5. The van der Waals surface area contributed by atoms with E-state index in [1.54, 1.807) is 29.3 Å². The Labute approximate surface area is 152 Å². The van der Waals surface area contributed by atoms with E-state index >= 15 is 0 Å². The van der Waals surface area contributed by atoms with Gasteiger partial charge in [-0.25, -0.2) is 13.4 Å². The molecule has 0 spiro atoms. The Balaban J connectivity index is 0.00000182. The van der Waals surface area contributed by atoms with Crippen LogP contribution >= 0.6 is 12.4 Å². The van der Waals surface area contributed by atoms with Crippen LogP contribution in [0.1, 0.15) is 23.3 Å². The molecule has 4 rings (SSSR count). The lowest BCUT2D eigenvalue weighted by Crippen LogP contribution is -2.33. The van der Waals surface area contributed by atoms with E-state index in [4.69, 9.17) is 5.73 Å². The quantitative estimate of drug-likeness (QED) is 0.831. The summed E-state index contributed by atoms with van der Waals surface area (Å²) in [5.74, 6) is 0.583. The highest BCUT2D eigenvalue weighted by Gasteiger charge is 2.43. The SMILES string of the molecule is CS(=O)(=O)c1nc(C(=O)N2CC3CCC(N)C3C2)c2ccccn12.Cl. The van der Waals surface area contributed by atoms with E-state index in [1.807, 2.05) is 0 Å². The highest BCUT2D eigenvalue weighted by atomic mass is 35.5. The fourth-order valence-electron chi connectivity index (χ4n) is 4.05. The lowest BCUT2D eigenvalue weighted by atomic mass is 9.98. The summed E-state index contributed by atoms with van der Waals surface area (Å²) in [4.78, 5) is 18.9. The van der Waals surface area contributed by atoms with E-state index in [0.29, 0.717) is 30.4 Å². The monoisotopic (exact) mass is 384 g/mol. The van der Waals surface area contributed by atoms with Gasteiger partial charge in [-0.15, -0.1) is 12.4 Å². The summed E-state index contributed by atoms with van der Waals surface area (Å²) < 4.78 is 25.4. The van der Waals surface area contributed by atoms with Crippen molar-refractivity contribution in [2.24, 2.45) is 17.6 Å². The number of imidazole rings is 1. The molecule has 3 unspecified atom stereocenters. The number of rotatable bonds is 2. The number of fused-ring (bicyclic) bond motifs is 2. The number of carbonyl (C=O) groups is 1. The maximum Gasteiger partial charge on any atom is 0.274 e. The third-order valence-corrected chi connectivity index (χ3v) is 6.20. The summed E-state index contributed by atoms with van der Waals surface area (Å²) in [5, 5.41) is -0.0995. The van der Waals surface area contributed by atoms with Crippen LogP contribution in [0.4, 0.5) is 0 Å². The highest BCUT2D eigenvalue weighted by Crippen LogP contribution is 2.37. The Kier molecular flexibility index (Phi) is 4.55. The third kappa shape index (κ3) is 2.92. The molecule has 25 heavy (non-hydrogen) atoms. The van der Waals surface area contributed by atoms with E-state index in [0.717, 1.165) is 19.1 Å². The van der Waals surface area contributed by atoms with Crippen molar-refractivity contribution in [1.82, 2.24) is 14.3 Å². The Bertz CT molecular complexity index is 927. The number of hydrogen-bond acceptors (Lipinski definition) is 5. The Hall–Kier alpha value is -1.64. The zero-order valence-electron chi connectivity index (χ0n) is 13.8. The molecule has 136 valence electrons. The van der Waals surface area contributed by atoms with Crippen LogP contribution in [0, 0.1) is 11.8 Å². The molecule has 2 fully saturated rings. The van der Waals surface area contributed by atoms with Crippen LogP contribution in [0.5, 0.6) is 0 Å². The zero-order chi connectivity index (χ0) is 17.1. The molecule has 0 aromatic carbocycles. The van der Waals surface area contributed by atoms with Crippen LogP contribution in [0.15, 0.2) is 29.6 Å². The van der Waals surface area contributed by atoms with E-state index in [1.165, 1.54) is 4.40 Å². The predicted molar refractivity (Wildman–Crippen MR) is 95.6 cm³/mol. The third-order valence-electron chi connectivity index (χ3n) is 5.25. The van der Waals surface area contributed by atoms with Gasteiger partial charge in [0, 0.05) is 31.6 Å². The molecule has 1 aliphatic carbocycles. The fraction of sp³-hybridized carbons (Fsp3) is 0.500. The van der Waals surface area contributed by atoms with Gasteiger partial charge in [-0.2, -0.15) is 0 Å². The van der Waals surface area contributed by atoms with E-state index in [9.17, 15) is 13.2 Å². The maximum absolute atomic E-state index is 13.0. The van der Waals surface area contributed by atoms with Crippen LogP contribution in [0.2, 0.25) is 0 Å². The number of likely N-dealkylation sites (tertiary alicyclic amines) is 1. The molecule has 0 bridgehead atoms. The molecule has 7 nitrogen and oxygen atoms in total. The smallest absolute Gasteiger partial charge is 0.274 e. The number of sulfone groups is 1. The molecular formula is C16H21ClN4O3S. The summed E-state index contributed by atoms with van der Waals surface area (Å²) in [6.45, 7) is 1.31. The standard InChI is InChI=1S/C16H20N4O3S.ClH/c1-24(22,23)16-18-14(13-4-2-3-7-20(13)16)15(21)19-8-10-5-6-12(17)11(10)9-19;/h2-4,7,10-12H,5-6,8-9,17H2,1H3;1H. The molecule has 1 saturated heterocycles. The van der Waals surface area contributed by atoms with Crippen LogP contribution in [0.25, 0.3) is 5.52 Å². The molecule has 0 radical (unpaired) electrons. The van der Waals surface area contributed by atoms with Gasteiger partial charge in [0.25, 0.3) is 5.91 Å². The first-order chi connectivity index (χ1) is 11.4. The summed E-state index contributed by atoms with van der Waals surface area (Å²) in [6.07, 6.45) is 4.78. The minimum absolute atomic E-state index is 0. The van der Waals surface area contributed by atoms with Gasteiger partial charge in [0.05, 0.1) is 5.52 Å². The normalized spacial score (nSPS) is 25.8. The predicted octanol–water partition coefficient (Wildman–Crippen LogP) is 0.969. The molecule has 2 aromatic rings. The van der Waals surface area contributed by atoms with Gasteiger partial charge in [-0.1, -0.05) is 6.07 Å². The molecule has 3 heterocycles. The van der Waals surface area contributed by atoms with Crippen molar-refractivity contribution < 1.29 is 13.2 Å². The number of pyridine rings is 1. The van der Waals surface area contributed by atoms with Gasteiger partial charge in [-0.05, 0) is 36.8 Å². The van der Waals surface area contributed by atoms with Crippen molar-refractivity contribution in [3.63, 3.8) is 0 Å². The molecule has 2 aliphatic rings. The molecule has 1 amide bonds. The van der Waals surface area contributed by atoms with E-state index in [-0.39, 0.29) is 35.2 Å². The second kappa shape index (κ2) is 6.26. The van der Waals surface area contributed by atoms with Gasteiger partial charge < -0.3 is 10.6 Å². The highest BCUT2D eigenvalue weighted by molar-refractivity contribution is 7.90. The average Bonchev–Trinajstić information content (AvgIpc) is 3.20. The summed E-state index contributed by atoms with van der Waals surface area (Å²) in [7, 11) is -3.53. The summed E-state index contributed by atoms with van der Waals surface area (Å²) in [6, 6.07) is 5.36. The van der Waals surface area contributed by atoms with E-state index < -0.39 is 9.84 Å².